The summed E-state index contributed by atoms with van der Waals surface area (Å²) >= 11 is 0. The largest absolute Gasteiger partial charge is 0.507 e. The van der Waals surface area contributed by atoms with E-state index in [1.165, 1.54) is 12.4 Å². The SMILES string of the molecule is [2H][C@]12C[C@@H](C(=C)c3cnc(-c4ccc(-n5ccnc5)cc4O)cn3)[C@H](F)[C@](C)(C[C@H]1F)N2. The number of hydrogen-bond acceptors (Lipinski definition) is 5. The third-order valence-corrected chi connectivity index (χ3v) is 6.32. The number of aromatic nitrogens is 4. The number of hydrogen-bond donors (Lipinski definition) is 2. The molecule has 5 atom stereocenters. The van der Waals surface area contributed by atoms with Crippen LogP contribution in [0.1, 0.15) is 26.8 Å². The van der Waals surface area contributed by atoms with E-state index in [4.69, 9.17) is 1.37 Å². The molecule has 8 heteroatoms. The van der Waals surface area contributed by atoms with Gasteiger partial charge in [-0.1, -0.05) is 6.58 Å². The van der Waals surface area contributed by atoms with Crippen molar-refractivity contribution in [3.63, 3.8) is 0 Å². The minimum atomic E-state index is -1.53. The molecule has 2 aliphatic rings. The first-order valence-corrected chi connectivity index (χ1v) is 10.1. The van der Waals surface area contributed by atoms with E-state index in [0.29, 0.717) is 22.5 Å². The fourth-order valence-electron chi connectivity index (χ4n) is 4.57. The number of rotatable bonds is 4. The van der Waals surface area contributed by atoms with Crippen molar-refractivity contribution in [3.8, 4) is 22.7 Å². The maximum Gasteiger partial charge on any atom is 0.127 e. The lowest BCUT2D eigenvalue weighted by Crippen LogP contribution is -2.56. The highest BCUT2D eigenvalue weighted by atomic mass is 19.1. The predicted octanol–water partition coefficient (Wildman–Crippen LogP) is 3.86. The molecule has 31 heavy (non-hydrogen) atoms. The number of phenolic OH excluding ortho intramolecular Hbond substituents is 1. The Hall–Kier alpha value is -3.13. The second-order valence-corrected chi connectivity index (χ2v) is 8.44. The Labute approximate surface area is 180 Å². The summed E-state index contributed by atoms with van der Waals surface area (Å²) in [6.45, 7) is 5.62. The Kier molecular flexibility index (Phi) is 4.34. The number of halogens is 2. The first kappa shape index (κ1) is 18.6. The quantitative estimate of drug-likeness (QED) is 0.665. The molecule has 1 aromatic carbocycles. The van der Waals surface area contributed by atoms with E-state index < -0.39 is 29.8 Å². The van der Waals surface area contributed by atoms with Crippen LogP contribution in [0.25, 0.3) is 22.5 Å². The van der Waals surface area contributed by atoms with E-state index in [2.05, 4.69) is 26.8 Å². The summed E-state index contributed by atoms with van der Waals surface area (Å²) in [7, 11) is 0. The number of piperidine rings is 1. The molecule has 0 amide bonds. The number of benzene rings is 1. The van der Waals surface area contributed by atoms with Crippen LogP contribution < -0.4 is 5.32 Å². The lowest BCUT2D eigenvalue weighted by Gasteiger charge is -2.40. The molecule has 0 unspecified atom stereocenters. The zero-order chi connectivity index (χ0) is 22.7. The van der Waals surface area contributed by atoms with E-state index in [9.17, 15) is 9.50 Å². The normalized spacial score (nSPS) is 32.6. The molecule has 0 aliphatic carbocycles. The molecule has 2 aromatic heterocycles. The third-order valence-electron chi connectivity index (χ3n) is 6.32. The van der Waals surface area contributed by atoms with Crippen molar-refractivity contribution >= 4 is 5.57 Å². The molecule has 3 aromatic rings. The van der Waals surface area contributed by atoms with Crippen molar-refractivity contribution < 1.29 is 15.3 Å². The fourth-order valence-corrected chi connectivity index (χ4v) is 4.57. The van der Waals surface area contributed by atoms with Crippen LogP contribution in [0.5, 0.6) is 5.75 Å². The number of fused-ring (bicyclic) bond motifs is 2. The van der Waals surface area contributed by atoms with E-state index in [1.54, 1.807) is 42.3 Å². The summed E-state index contributed by atoms with van der Waals surface area (Å²) < 4.78 is 39.9. The third kappa shape index (κ3) is 3.31. The molecule has 0 spiro atoms. The Balaban J connectivity index is 1.39. The maximum atomic E-state index is 15.3. The molecule has 160 valence electrons. The molecule has 2 fully saturated rings. The molecule has 4 heterocycles. The van der Waals surface area contributed by atoms with Crippen LogP contribution in [0.4, 0.5) is 8.78 Å². The van der Waals surface area contributed by atoms with Gasteiger partial charge in [0.2, 0.25) is 0 Å². The van der Waals surface area contributed by atoms with Crippen LogP contribution in [0.15, 0.2) is 55.9 Å². The summed E-state index contributed by atoms with van der Waals surface area (Å²) in [6, 6.07) is 3.63. The van der Waals surface area contributed by atoms with Crippen LogP contribution in [0.3, 0.4) is 0 Å². The lowest BCUT2D eigenvalue weighted by atomic mass is 9.78. The molecule has 0 saturated carbocycles. The van der Waals surface area contributed by atoms with Crippen LogP contribution in [0, 0.1) is 5.92 Å². The Bertz CT molecular complexity index is 1170. The van der Waals surface area contributed by atoms with Gasteiger partial charge in [0, 0.05) is 43.8 Å². The molecule has 5 rings (SSSR count). The summed E-state index contributed by atoms with van der Waals surface area (Å²) in [6.07, 6.45) is 5.12. The molecular weight excluding hydrogens is 400 g/mol. The van der Waals surface area contributed by atoms with Crippen molar-refractivity contribution in [1.82, 2.24) is 24.8 Å². The molecule has 2 bridgehead atoms. The van der Waals surface area contributed by atoms with Gasteiger partial charge in [-0.2, -0.15) is 0 Å². The van der Waals surface area contributed by atoms with Crippen LogP contribution in [0.2, 0.25) is 0 Å². The average Bonchev–Trinajstić information content (AvgIpc) is 3.37. The number of allylic oxidation sites excluding steroid dienone is 1. The van der Waals surface area contributed by atoms with Gasteiger partial charge in [-0.05, 0) is 31.1 Å². The summed E-state index contributed by atoms with van der Waals surface area (Å²) in [4.78, 5) is 12.8. The molecule has 2 N–H and O–H groups in total. The van der Waals surface area contributed by atoms with Crippen LogP contribution in [-0.2, 0) is 0 Å². The van der Waals surface area contributed by atoms with Crippen molar-refractivity contribution in [1.29, 1.82) is 0 Å². The zero-order valence-corrected chi connectivity index (χ0v) is 17.0. The Morgan fingerprint density at radius 3 is 2.87 bits per heavy atom. The van der Waals surface area contributed by atoms with Crippen molar-refractivity contribution in [2.75, 3.05) is 0 Å². The number of aromatic hydroxyl groups is 1. The monoisotopic (exact) mass is 424 g/mol. The van der Waals surface area contributed by atoms with Gasteiger partial charge in [0.1, 0.15) is 18.1 Å². The number of nitrogens with zero attached hydrogens (tertiary/aromatic N) is 4. The Morgan fingerprint density at radius 1 is 1.35 bits per heavy atom. The first-order valence-electron chi connectivity index (χ1n) is 10.6. The van der Waals surface area contributed by atoms with Crippen molar-refractivity contribution in [2.24, 2.45) is 5.92 Å². The molecular formula is C23H23F2N5O. The number of phenols is 1. The highest BCUT2D eigenvalue weighted by molar-refractivity contribution is 5.69. The van der Waals surface area contributed by atoms with Gasteiger partial charge >= 0.3 is 0 Å². The zero-order valence-electron chi connectivity index (χ0n) is 18.0. The first-order chi connectivity index (χ1) is 15.2. The van der Waals surface area contributed by atoms with Crippen LogP contribution >= 0.6 is 0 Å². The number of nitrogens with one attached hydrogen (secondary N) is 1. The summed E-state index contributed by atoms with van der Waals surface area (Å²) in [5, 5.41) is 13.3. The fraction of sp³-hybridized carbons (Fsp3) is 0.348. The molecule has 2 aliphatic heterocycles. The minimum Gasteiger partial charge on any atom is -0.507 e. The highest BCUT2D eigenvalue weighted by Crippen LogP contribution is 2.46. The molecule has 2 saturated heterocycles. The lowest BCUT2D eigenvalue weighted by molar-refractivity contribution is 0.102. The second-order valence-electron chi connectivity index (χ2n) is 8.44. The average molecular weight is 424 g/mol. The molecule has 6 nitrogen and oxygen atoms in total. The summed E-state index contributed by atoms with van der Waals surface area (Å²) in [5.74, 6) is -0.698. The van der Waals surface area contributed by atoms with Gasteiger partial charge in [-0.3, -0.25) is 9.97 Å². The van der Waals surface area contributed by atoms with E-state index in [1.807, 2.05) is 6.07 Å². The second kappa shape index (κ2) is 7.23. The predicted molar refractivity (Wildman–Crippen MR) is 113 cm³/mol. The van der Waals surface area contributed by atoms with E-state index >= 15 is 4.39 Å². The topological polar surface area (TPSA) is 75.9 Å². The highest BCUT2D eigenvalue weighted by Gasteiger charge is 2.55. The number of imidazole rings is 1. The summed E-state index contributed by atoms with van der Waals surface area (Å²) in [5.41, 5.74) is 1.38. The van der Waals surface area contributed by atoms with Gasteiger partial charge in [-0.15, -0.1) is 0 Å². The van der Waals surface area contributed by atoms with Crippen molar-refractivity contribution in [2.45, 2.75) is 43.7 Å². The van der Waals surface area contributed by atoms with Gasteiger partial charge in [0.15, 0.2) is 0 Å². The minimum absolute atomic E-state index is 0.0241. The molecule has 0 radical (unpaired) electrons. The van der Waals surface area contributed by atoms with E-state index in [-0.39, 0.29) is 18.6 Å². The van der Waals surface area contributed by atoms with Gasteiger partial charge in [0.05, 0.1) is 41.3 Å². The van der Waals surface area contributed by atoms with Gasteiger partial charge < -0.3 is 15.0 Å². The number of alkyl halides is 2. The maximum absolute atomic E-state index is 15.3. The standard InChI is InChI=1S/C23H23F2N5O/c1-13(16-8-18-17(24)9-23(2,29-18)22(16)25)19-10-28-20(11-27-19)15-4-3-14(7-21(15)31)30-6-5-26-12-30/h3-7,10-12,16-18,22,29,31H,1,8-9H2,2H3/t16-,17+,18-,22-,23-/m0/s1/i18D. The van der Waals surface area contributed by atoms with Gasteiger partial charge in [-0.25, -0.2) is 13.8 Å². The van der Waals surface area contributed by atoms with Crippen LogP contribution in [-0.4, -0.2) is 48.5 Å². The Morgan fingerprint density at radius 2 is 2.19 bits per heavy atom. The smallest absolute Gasteiger partial charge is 0.127 e. The van der Waals surface area contributed by atoms with E-state index in [0.717, 1.165) is 5.69 Å². The van der Waals surface area contributed by atoms with Crippen molar-refractivity contribution in [3.05, 3.63) is 61.6 Å². The van der Waals surface area contributed by atoms with Gasteiger partial charge in [0.25, 0.3) is 0 Å².